The van der Waals surface area contributed by atoms with E-state index in [-0.39, 0.29) is 47.9 Å². The van der Waals surface area contributed by atoms with Gasteiger partial charge in [-0.15, -0.1) is 0 Å². The second-order valence-corrected chi connectivity index (χ2v) is 8.77. The van der Waals surface area contributed by atoms with E-state index in [1.165, 1.54) is 5.48 Å². The number of aromatic nitrogens is 4. The number of amides is 2. The van der Waals surface area contributed by atoms with Gasteiger partial charge in [0.2, 0.25) is 23.7 Å². The van der Waals surface area contributed by atoms with Crippen LogP contribution in [-0.2, 0) is 20.5 Å². The number of hydrogen-bond donors (Lipinski definition) is 3. The lowest BCUT2D eigenvalue weighted by Gasteiger charge is -2.35. The van der Waals surface area contributed by atoms with Crippen LogP contribution in [0.5, 0.6) is 0 Å². The monoisotopic (exact) mass is 539 g/mol. The number of morpholine rings is 1. The molecule has 4 rings (SSSR count). The van der Waals surface area contributed by atoms with Crippen LogP contribution < -0.4 is 21.0 Å². The molecule has 0 unspecified atom stereocenters. The molecule has 2 aromatic heterocycles. The van der Waals surface area contributed by atoms with E-state index in [9.17, 15) is 22.8 Å². The first-order valence-electron chi connectivity index (χ1n) is 12.0. The van der Waals surface area contributed by atoms with Crippen LogP contribution in [0.3, 0.4) is 0 Å². The number of nitrogens with zero attached hydrogens (tertiary/aromatic N) is 7. The zero-order valence-corrected chi connectivity index (χ0v) is 20.4. The maximum absolute atomic E-state index is 13.8. The van der Waals surface area contributed by atoms with Gasteiger partial charge in [0.05, 0.1) is 24.3 Å². The summed E-state index contributed by atoms with van der Waals surface area (Å²) in [5.74, 6) is -0.747. The maximum atomic E-state index is 13.8. The van der Waals surface area contributed by atoms with Crippen molar-refractivity contribution in [1.82, 2.24) is 30.3 Å². The highest BCUT2D eigenvalue weighted by atomic mass is 19.4. The van der Waals surface area contributed by atoms with Crippen molar-refractivity contribution < 1.29 is 32.7 Å². The first kappa shape index (κ1) is 27.3. The minimum atomic E-state index is -4.71. The number of piperazine rings is 1. The molecule has 2 aromatic rings. The molecule has 38 heavy (non-hydrogen) atoms. The van der Waals surface area contributed by atoms with Crippen LogP contribution in [0.1, 0.15) is 24.8 Å². The first-order chi connectivity index (χ1) is 18.2. The van der Waals surface area contributed by atoms with E-state index in [2.05, 4.69) is 19.9 Å². The molecule has 16 heteroatoms. The second kappa shape index (κ2) is 11.7. The minimum Gasteiger partial charge on any atom is -0.384 e. The summed E-state index contributed by atoms with van der Waals surface area (Å²) in [4.78, 5) is 46.0. The number of ether oxygens (including phenoxy) is 1. The molecule has 2 fully saturated rings. The number of nitrogens with two attached hydrogens (primary N) is 1. The van der Waals surface area contributed by atoms with E-state index in [0.29, 0.717) is 58.9 Å². The normalized spacial score (nSPS) is 16.5. The molecule has 0 spiro atoms. The van der Waals surface area contributed by atoms with E-state index in [0.717, 1.165) is 12.3 Å². The third kappa shape index (κ3) is 6.55. The molecule has 0 radical (unpaired) electrons. The Morgan fingerprint density at radius 1 is 1.00 bits per heavy atom. The smallest absolute Gasteiger partial charge is 0.384 e. The highest BCUT2D eigenvalue weighted by Gasteiger charge is 2.36. The Kier molecular flexibility index (Phi) is 8.41. The predicted octanol–water partition coefficient (Wildman–Crippen LogP) is 0.696. The summed E-state index contributed by atoms with van der Waals surface area (Å²) in [6.45, 7) is 3.16. The van der Waals surface area contributed by atoms with Gasteiger partial charge in [-0.1, -0.05) is 0 Å². The molecule has 2 aliphatic rings. The van der Waals surface area contributed by atoms with E-state index in [1.54, 1.807) is 9.80 Å². The number of hydrogen-bond acceptors (Lipinski definition) is 11. The Labute approximate surface area is 215 Å². The Morgan fingerprint density at radius 3 is 2.24 bits per heavy atom. The van der Waals surface area contributed by atoms with Gasteiger partial charge in [0.25, 0.3) is 0 Å². The summed E-state index contributed by atoms with van der Waals surface area (Å²) < 4.78 is 46.9. The molecule has 13 nitrogen and oxygen atoms in total. The number of hydroxylamine groups is 1. The zero-order chi connectivity index (χ0) is 27.3. The number of nitrogen functional groups attached to an aromatic ring is 1. The van der Waals surface area contributed by atoms with E-state index < -0.39 is 17.6 Å². The van der Waals surface area contributed by atoms with Crippen molar-refractivity contribution in [3.63, 3.8) is 0 Å². The molecular weight excluding hydrogens is 511 g/mol. The number of alkyl halides is 3. The molecule has 2 saturated heterocycles. The number of pyridine rings is 1. The van der Waals surface area contributed by atoms with Gasteiger partial charge in [-0.05, 0) is 12.5 Å². The number of anilines is 3. The Morgan fingerprint density at radius 2 is 1.63 bits per heavy atom. The van der Waals surface area contributed by atoms with Gasteiger partial charge in [0, 0.05) is 58.3 Å². The summed E-state index contributed by atoms with van der Waals surface area (Å²) in [6, 6.07) is 0.752. The lowest BCUT2D eigenvalue weighted by molar-refractivity contribution is -0.137. The number of halogens is 3. The van der Waals surface area contributed by atoms with Gasteiger partial charge in [0.15, 0.2) is 5.82 Å². The van der Waals surface area contributed by atoms with Crippen LogP contribution in [0, 0.1) is 0 Å². The van der Waals surface area contributed by atoms with Gasteiger partial charge < -0.3 is 25.2 Å². The number of nitrogens with one attached hydrogen (secondary N) is 1. The van der Waals surface area contributed by atoms with E-state index >= 15 is 0 Å². The maximum Gasteiger partial charge on any atom is 0.417 e. The minimum absolute atomic E-state index is 0.0278. The van der Waals surface area contributed by atoms with Crippen LogP contribution >= 0.6 is 0 Å². The van der Waals surface area contributed by atoms with Gasteiger partial charge in [0.1, 0.15) is 5.82 Å². The lowest BCUT2D eigenvalue weighted by atomic mass is 10.1. The summed E-state index contributed by atoms with van der Waals surface area (Å²) in [5.41, 5.74) is 5.74. The molecule has 0 aromatic carbocycles. The SMILES string of the molecule is Nc1cc(C(F)(F)F)c(-c2nc(N3CCOCC3)nc(N3CCN(C(=O)CCCC(=O)NO)CC3)n2)cn1. The standard InChI is InChI=1S/C22H28F3N9O4/c23-22(24,25)15-12-16(26)27-13-14(15)19-28-20(30-21(29-19)34-8-10-38-11-9-34)33-6-4-32(5-7-33)18(36)3-1-2-17(35)31-37/h12-13,37H,1-11H2,(H2,26,27)(H,31,35). The van der Waals surface area contributed by atoms with Crippen molar-refractivity contribution in [2.24, 2.45) is 0 Å². The highest BCUT2D eigenvalue weighted by Crippen LogP contribution is 2.37. The van der Waals surface area contributed by atoms with Gasteiger partial charge in [-0.25, -0.2) is 10.5 Å². The van der Waals surface area contributed by atoms with Gasteiger partial charge in [-0.2, -0.15) is 28.1 Å². The average molecular weight is 540 g/mol. The second-order valence-electron chi connectivity index (χ2n) is 8.77. The third-order valence-electron chi connectivity index (χ3n) is 6.21. The number of carbonyl (C=O) groups excluding carboxylic acids is 2. The average Bonchev–Trinajstić information content (AvgIpc) is 2.92. The predicted molar refractivity (Wildman–Crippen MR) is 128 cm³/mol. The molecule has 206 valence electrons. The van der Waals surface area contributed by atoms with Gasteiger partial charge in [-0.3, -0.25) is 14.8 Å². The Hall–Kier alpha value is -3.79. The quantitative estimate of drug-likeness (QED) is 0.335. The summed E-state index contributed by atoms with van der Waals surface area (Å²) in [5, 5.41) is 8.56. The van der Waals surface area contributed by atoms with Crippen LogP contribution in [0.2, 0.25) is 0 Å². The molecule has 2 aliphatic heterocycles. The number of rotatable bonds is 7. The summed E-state index contributed by atoms with van der Waals surface area (Å²) in [6.07, 6.45) is -3.23. The van der Waals surface area contributed by atoms with Crippen molar-refractivity contribution in [3.05, 3.63) is 17.8 Å². The fourth-order valence-electron chi connectivity index (χ4n) is 4.17. The molecule has 4 N–H and O–H groups in total. The summed E-state index contributed by atoms with van der Waals surface area (Å²) >= 11 is 0. The lowest BCUT2D eigenvalue weighted by Crippen LogP contribution is -2.49. The summed E-state index contributed by atoms with van der Waals surface area (Å²) in [7, 11) is 0. The van der Waals surface area contributed by atoms with Crippen LogP contribution in [0.4, 0.5) is 30.9 Å². The molecule has 0 bridgehead atoms. The van der Waals surface area contributed by atoms with Crippen molar-refractivity contribution >= 4 is 29.5 Å². The molecule has 2 amide bonds. The van der Waals surface area contributed by atoms with Crippen LogP contribution in [0.25, 0.3) is 11.4 Å². The van der Waals surface area contributed by atoms with Crippen molar-refractivity contribution in [2.75, 3.05) is 68.0 Å². The van der Waals surface area contributed by atoms with Gasteiger partial charge >= 0.3 is 6.18 Å². The molecule has 0 aliphatic carbocycles. The topological polar surface area (TPSA) is 163 Å². The largest absolute Gasteiger partial charge is 0.417 e. The fraction of sp³-hybridized carbons (Fsp3) is 0.545. The Balaban J connectivity index is 1.57. The third-order valence-corrected chi connectivity index (χ3v) is 6.21. The first-order valence-corrected chi connectivity index (χ1v) is 12.0. The van der Waals surface area contributed by atoms with Crippen LogP contribution in [-0.4, -0.2) is 94.3 Å². The van der Waals surface area contributed by atoms with Crippen molar-refractivity contribution in [1.29, 1.82) is 0 Å². The molecular formula is C22H28F3N9O4. The fourth-order valence-corrected chi connectivity index (χ4v) is 4.17. The van der Waals surface area contributed by atoms with E-state index in [1.807, 2.05) is 4.90 Å². The molecule has 0 atom stereocenters. The number of carbonyl (C=O) groups is 2. The van der Waals surface area contributed by atoms with E-state index in [4.69, 9.17) is 15.7 Å². The zero-order valence-electron chi connectivity index (χ0n) is 20.4. The molecule has 4 heterocycles. The van der Waals surface area contributed by atoms with Crippen molar-refractivity contribution in [2.45, 2.75) is 25.4 Å². The van der Waals surface area contributed by atoms with Crippen molar-refractivity contribution in [3.8, 4) is 11.4 Å². The highest BCUT2D eigenvalue weighted by molar-refractivity contribution is 5.78. The Bertz CT molecular complexity index is 1150. The molecule has 0 saturated carbocycles. The van der Waals surface area contributed by atoms with Crippen LogP contribution in [0.15, 0.2) is 12.3 Å².